The van der Waals surface area contributed by atoms with Crippen LogP contribution in [0.2, 0.25) is 5.15 Å². The summed E-state index contributed by atoms with van der Waals surface area (Å²) in [5, 5.41) is 0.0217. The highest BCUT2D eigenvalue weighted by atomic mass is 35.5. The zero-order chi connectivity index (χ0) is 15.0. The Morgan fingerprint density at radius 1 is 1.38 bits per heavy atom. The molecule has 3 heterocycles. The van der Waals surface area contributed by atoms with Gasteiger partial charge < -0.3 is 4.90 Å². The summed E-state index contributed by atoms with van der Waals surface area (Å²) in [5.41, 5.74) is 0. The van der Waals surface area contributed by atoms with Crippen molar-refractivity contribution in [2.75, 3.05) is 13.6 Å². The van der Waals surface area contributed by atoms with Gasteiger partial charge in [-0.1, -0.05) is 11.6 Å². The molecule has 21 heavy (non-hydrogen) atoms. The Morgan fingerprint density at radius 2 is 2.05 bits per heavy atom. The topological polar surface area (TPSA) is 62.3 Å². The summed E-state index contributed by atoms with van der Waals surface area (Å²) < 4.78 is 27.3. The molecule has 1 aromatic rings. The predicted octanol–water partition coefficient (Wildman–Crippen LogP) is 1.89. The van der Waals surface area contributed by atoms with Crippen LogP contribution in [0.15, 0.2) is 23.2 Å². The molecule has 2 unspecified atom stereocenters. The number of rotatable bonds is 4. The normalized spacial score (nSPS) is 29.7. The number of hydrogen-bond donors (Lipinski definition) is 1. The second-order valence-electron chi connectivity index (χ2n) is 6.03. The van der Waals surface area contributed by atoms with Gasteiger partial charge in [0, 0.05) is 24.8 Å². The quantitative estimate of drug-likeness (QED) is 0.857. The first-order valence-electron chi connectivity index (χ1n) is 7.29. The van der Waals surface area contributed by atoms with Gasteiger partial charge in [0.2, 0.25) is 10.0 Å². The van der Waals surface area contributed by atoms with E-state index >= 15 is 0 Å². The molecule has 1 N–H and O–H groups in total. The number of nitrogens with zero attached hydrogens (tertiary/aromatic N) is 2. The molecule has 5 nitrogen and oxygen atoms in total. The predicted molar refractivity (Wildman–Crippen MR) is 81.7 cm³/mol. The third kappa shape index (κ3) is 3.08. The van der Waals surface area contributed by atoms with Crippen molar-refractivity contribution in [3.05, 3.63) is 23.5 Å². The molecule has 3 rings (SSSR count). The highest BCUT2D eigenvalue weighted by Crippen LogP contribution is 2.37. The Balaban J connectivity index is 1.64. The second kappa shape index (κ2) is 5.83. The van der Waals surface area contributed by atoms with Gasteiger partial charge in [-0.15, -0.1) is 0 Å². The van der Waals surface area contributed by atoms with Crippen LogP contribution in [0.4, 0.5) is 0 Å². The molecule has 0 aromatic carbocycles. The van der Waals surface area contributed by atoms with E-state index in [-0.39, 0.29) is 10.0 Å². The minimum absolute atomic E-state index is 0.0217. The number of pyridine rings is 1. The van der Waals surface area contributed by atoms with Crippen molar-refractivity contribution in [3.63, 3.8) is 0 Å². The molecule has 0 saturated carbocycles. The van der Waals surface area contributed by atoms with E-state index in [4.69, 9.17) is 11.6 Å². The van der Waals surface area contributed by atoms with Crippen LogP contribution >= 0.6 is 11.6 Å². The molecule has 2 fully saturated rings. The fourth-order valence-electron chi connectivity index (χ4n) is 3.57. The summed E-state index contributed by atoms with van der Waals surface area (Å²) >= 11 is 5.87. The Labute approximate surface area is 130 Å². The van der Waals surface area contributed by atoms with E-state index in [0.29, 0.717) is 24.5 Å². The molecular formula is C14H20ClN3O2S. The smallest absolute Gasteiger partial charge is 0.243 e. The number of halogens is 1. The van der Waals surface area contributed by atoms with E-state index in [9.17, 15) is 8.42 Å². The molecule has 0 aliphatic carbocycles. The lowest BCUT2D eigenvalue weighted by molar-refractivity contribution is 0.135. The summed E-state index contributed by atoms with van der Waals surface area (Å²) in [4.78, 5) is 6.33. The van der Waals surface area contributed by atoms with Crippen LogP contribution in [0.1, 0.15) is 25.7 Å². The van der Waals surface area contributed by atoms with Crippen molar-refractivity contribution in [3.8, 4) is 0 Å². The van der Waals surface area contributed by atoms with Crippen molar-refractivity contribution in [2.45, 2.75) is 42.7 Å². The number of aromatic nitrogens is 1. The Bertz CT molecular complexity index is 608. The van der Waals surface area contributed by atoms with Crippen LogP contribution in [0.3, 0.4) is 0 Å². The highest BCUT2D eigenvalue weighted by molar-refractivity contribution is 7.89. The minimum Gasteiger partial charge on any atom is -0.300 e. The zero-order valence-electron chi connectivity index (χ0n) is 12.0. The molecule has 2 aliphatic rings. The maximum atomic E-state index is 12.3. The van der Waals surface area contributed by atoms with Gasteiger partial charge in [-0.25, -0.2) is 18.1 Å². The van der Waals surface area contributed by atoms with E-state index in [2.05, 4.69) is 21.7 Å². The molecule has 0 radical (unpaired) electrons. The maximum Gasteiger partial charge on any atom is 0.243 e. The van der Waals surface area contributed by atoms with Crippen LogP contribution in [0, 0.1) is 5.92 Å². The van der Waals surface area contributed by atoms with Gasteiger partial charge in [-0.3, -0.25) is 0 Å². The van der Waals surface area contributed by atoms with Crippen LogP contribution in [0.5, 0.6) is 0 Å². The average Bonchev–Trinajstić information content (AvgIpc) is 2.67. The van der Waals surface area contributed by atoms with Gasteiger partial charge in [-0.05, 0) is 50.8 Å². The Hall–Kier alpha value is -0.690. The summed E-state index contributed by atoms with van der Waals surface area (Å²) in [6.45, 7) is 0.481. The number of nitrogens with one attached hydrogen (secondary N) is 1. The van der Waals surface area contributed by atoms with Gasteiger partial charge in [0.15, 0.2) is 0 Å². The minimum atomic E-state index is -3.58. The second-order valence-corrected chi connectivity index (χ2v) is 8.13. The fraction of sp³-hybridized carbons (Fsp3) is 0.643. The van der Waals surface area contributed by atoms with Gasteiger partial charge in [0.25, 0.3) is 0 Å². The summed E-state index contributed by atoms with van der Waals surface area (Å²) in [6.07, 6.45) is 6.08. The lowest BCUT2D eigenvalue weighted by Gasteiger charge is -2.36. The van der Waals surface area contributed by atoms with Crippen LogP contribution in [-0.2, 0) is 10.0 Å². The van der Waals surface area contributed by atoms with Crippen molar-refractivity contribution >= 4 is 21.6 Å². The lowest BCUT2D eigenvalue weighted by Crippen LogP contribution is -2.43. The van der Waals surface area contributed by atoms with E-state index < -0.39 is 10.0 Å². The number of piperidine rings is 1. The standard InChI is InChI=1S/C14H20ClN3O2S/c1-18-11-4-5-12(18)8-10(7-11)9-17-21(19,20)13-3-2-6-16-14(13)15/h2-3,6,10-12,17H,4-5,7-9H2,1H3. The molecule has 1 aromatic heterocycles. The summed E-state index contributed by atoms with van der Waals surface area (Å²) in [6, 6.07) is 4.28. The fourth-order valence-corrected chi connectivity index (χ4v) is 5.13. The highest BCUT2D eigenvalue weighted by Gasteiger charge is 2.38. The Morgan fingerprint density at radius 3 is 2.67 bits per heavy atom. The number of fused-ring (bicyclic) bond motifs is 2. The van der Waals surface area contributed by atoms with Crippen LogP contribution in [-0.4, -0.2) is 44.0 Å². The van der Waals surface area contributed by atoms with Gasteiger partial charge in [0.1, 0.15) is 10.0 Å². The van der Waals surface area contributed by atoms with E-state index in [1.807, 2.05) is 0 Å². The monoisotopic (exact) mass is 329 g/mol. The molecule has 2 bridgehead atoms. The molecule has 0 spiro atoms. The SMILES string of the molecule is CN1C2CCC1CC(CNS(=O)(=O)c1cccnc1Cl)C2. The van der Waals surface area contributed by atoms with Crippen molar-refractivity contribution in [1.82, 2.24) is 14.6 Å². The van der Waals surface area contributed by atoms with Gasteiger partial charge in [0.05, 0.1) is 0 Å². The van der Waals surface area contributed by atoms with E-state index in [1.54, 1.807) is 6.07 Å². The van der Waals surface area contributed by atoms with Crippen molar-refractivity contribution in [1.29, 1.82) is 0 Å². The molecule has 2 saturated heterocycles. The van der Waals surface area contributed by atoms with E-state index in [1.165, 1.54) is 25.1 Å². The number of sulfonamides is 1. The van der Waals surface area contributed by atoms with Crippen LogP contribution in [0.25, 0.3) is 0 Å². The van der Waals surface area contributed by atoms with Gasteiger partial charge in [-0.2, -0.15) is 0 Å². The third-order valence-electron chi connectivity index (χ3n) is 4.77. The Kier molecular flexibility index (Phi) is 4.23. The zero-order valence-corrected chi connectivity index (χ0v) is 13.6. The third-order valence-corrected chi connectivity index (χ3v) is 6.64. The summed E-state index contributed by atoms with van der Waals surface area (Å²) in [7, 11) is -1.40. The number of hydrogen-bond acceptors (Lipinski definition) is 4. The van der Waals surface area contributed by atoms with Gasteiger partial charge >= 0.3 is 0 Å². The first-order valence-corrected chi connectivity index (χ1v) is 9.15. The summed E-state index contributed by atoms with van der Waals surface area (Å²) in [5.74, 6) is 0.406. The largest absolute Gasteiger partial charge is 0.300 e. The first kappa shape index (κ1) is 15.2. The van der Waals surface area contributed by atoms with Crippen molar-refractivity contribution < 1.29 is 8.42 Å². The lowest BCUT2D eigenvalue weighted by atomic mass is 9.91. The van der Waals surface area contributed by atoms with Crippen LogP contribution < -0.4 is 4.72 Å². The molecule has 2 aliphatic heterocycles. The first-order chi connectivity index (χ1) is 9.97. The maximum absolute atomic E-state index is 12.3. The molecular weight excluding hydrogens is 310 g/mol. The van der Waals surface area contributed by atoms with E-state index in [0.717, 1.165) is 12.8 Å². The van der Waals surface area contributed by atoms with Crippen molar-refractivity contribution in [2.24, 2.45) is 5.92 Å². The molecule has 116 valence electrons. The average molecular weight is 330 g/mol. The molecule has 7 heteroatoms. The molecule has 0 amide bonds. The molecule has 2 atom stereocenters.